The summed E-state index contributed by atoms with van der Waals surface area (Å²) in [5.41, 5.74) is 1.31. The van der Waals surface area contributed by atoms with Crippen LogP contribution >= 0.6 is 0 Å². The van der Waals surface area contributed by atoms with Crippen LogP contribution < -0.4 is 10.2 Å². The second kappa shape index (κ2) is 7.04. The van der Waals surface area contributed by atoms with Crippen LogP contribution in [0.3, 0.4) is 0 Å². The quantitative estimate of drug-likeness (QED) is 0.893. The highest BCUT2D eigenvalue weighted by Crippen LogP contribution is 2.24. The first-order valence-corrected chi connectivity index (χ1v) is 7.63. The molecule has 0 aromatic carbocycles. The maximum atomic E-state index is 4.55. The molecule has 4 nitrogen and oxygen atoms in total. The molecular weight excluding hydrogens is 248 g/mol. The number of nitrogens with zero attached hydrogens (tertiary/aromatic N) is 3. The normalized spacial score (nSPS) is 18.6. The maximum Gasteiger partial charge on any atom is 0.128 e. The second-order valence-electron chi connectivity index (χ2n) is 6.15. The third-order valence-corrected chi connectivity index (χ3v) is 4.26. The minimum atomic E-state index is 0.378. The second-order valence-corrected chi connectivity index (χ2v) is 6.15. The zero-order valence-corrected chi connectivity index (χ0v) is 13.3. The van der Waals surface area contributed by atoms with Gasteiger partial charge in [0.2, 0.25) is 0 Å². The van der Waals surface area contributed by atoms with Gasteiger partial charge >= 0.3 is 0 Å². The molecular formula is C16H28N4. The number of nitrogens with one attached hydrogen (secondary N) is 1. The van der Waals surface area contributed by atoms with Crippen LogP contribution in [0.1, 0.15) is 31.4 Å². The van der Waals surface area contributed by atoms with E-state index in [1.54, 1.807) is 0 Å². The third-order valence-electron chi connectivity index (χ3n) is 4.26. The van der Waals surface area contributed by atoms with E-state index in [0.29, 0.717) is 6.04 Å². The van der Waals surface area contributed by atoms with Crippen molar-refractivity contribution in [1.82, 2.24) is 15.2 Å². The van der Waals surface area contributed by atoms with Gasteiger partial charge in [-0.2, -0.15) is 0 Å². The average Bonchev–Trinajstić information content (AvgIpc) is 2.47. The van der Waals surface area contributed by atoms with E-state index in [9.17, 15) is 0 Å². The Morgan fingerprint density at radius 1 is 1.40 bits per heavy atom. The van der Waals surface area contributed by atoms with Crippen LogP contribution in [0.15, 0.2) is 18.3 Å². The Kier molecular flexibility index (Phi) is 5.38. The third kappa shape index (κ3) is 3.93. The van der Waals surface area contributed by atoms with Gasteiger partial charge in [0.1, 0.15) is 5.82 Å². The number of anilines is 1. The predicted molar refractivity (Wildman–Crippen MR) is 85.2 cm³/mol. The highest BCUT2D eigenvalue weighted by Gasteiger charge is 2.20. The zero-order chi connectivity index (χ0) is 14.5. The SMILES string of the molecule is CNC(C)c1ccnc(N2CCC(CN(C)C)CC2)c1. The lowest BCUT2D eigenvalue weighted by molar-refractivity contribution is 0.284. The molecule has 0 bridgehead atoms. The lowest BCUT2D eigenvalue weighted by atomic mass is 9.96. The Balaban J connectivity index is 1.96. The molecule has 4 heteroatoms. The summed E-state index contributed by atoms with van der Waals surface area (Å²) >= 11 is 0. The van der Waals surface area contributed by atoms with Crippen LogP contribution in [0.2, 0.25) is 0 Å². The summed E-state index contributed by atoms with van der Waals surface area (Å²) in [4.78, 5) is 9.28. The summed E-state index contributed by atoms with van der Waals surface area (Å²) in [6.07, 6.45) is 4.47. The zero-order valence-electron chi connectivity index (χ0n) is 13.3. The number of aromatic nitrogens is 1. The molecule has 20 heavy (non-hydrogen) atoms. The summed E-state index contributed by atoms with van der Waals surface area (Å²) in [7, 11) is 6.32. The highest BCUT2D eigenvalue weighted by molar-refractivity contribution is 5.42. The molecule has 1 unspecified atom stereocenters. The first kappa shape index (κ1) is 15.3. The van der Waals surface area contributed by atoms with Gasteiger partial charge in [-0.25, -0.2) is 4.98 Å². The van der Waals surface area contributed by atoms with Gasteiger partial charge in [-0.3, -0.25) is 0 Å². The molecule has 2 heterocycles. The monoisotopic (exact) mass is 276 g/mol. The van der Waals surface area contributed by atoms with Crippen molar-refractivity contribution in [3.8, 4) is 0 Å². The predicted octanol–water partition coefficient (Wildman–Crippen LogP) is 2.14. The molecule has 1 aromatic heterocycles. The summed E-state index contributed by atoms with van der Waals surface area (Å²) in [5.74, 6) is 1.97. The molecule has 1 aliphatic rings. The van der Waals surface area contributed by atoms with Gasteiger partial charge in [0, 0.05) is 31.9 Å². The average molecular weight is 276 g/mol. The Hall–Kier alpha value is -1.13. The number of piperidine rings is 1. The molecule has 0 aliphatic carbocycles. The van der Waals surface area contributed by atoms with E-state index >= 15 is 0 Å². The van der Waals surface area contributed by atoms with Crippen molar-refractivity contribution in [2.24, 2.45) is 5.92 Å². The maximum absolute atomic E-state index is 4.55. The Morgan fingerprint density at radius 2 is 2.10 bits per heavy atom. The fourth-order valence-corrected chi connectivity index (χ4v) is 2.90. The van der Waals surface area contributed by atoms with Crippen LogP contribution in [0.25, 0.3) is 0 Å². The summed E-state index contributed by atoms with van der Waals surface area (Å²) in [6.45, 7) is 5.65. The van der Waals surface area contributed by atoms with Gasteiger partial charge in [0.05, 0.1) is 0 Å². The Labute approximate surface area is 123 Å². The summed E-state index contributed by atoms with van der Waals surface area (Å²) in [5, 5.41) is 3.29. The summed E-state index contributed by atoms with van der Waals surface area (Å²) < 4.78 is 0. The van der Waals surface area contributed by atoms with Crippen LogP contribution in [0, 0.1) is 5.92 Å². The van der Waals surface area contributed by atoms with Gasteiger partial charge in [0.15, 0.2) is 0 Å². The smallest absolute Gasteiger partial charge is 0.128 e. The van der Waals surface area contributed by atoms with Crippen molar-refractivity contribution in [2.75, 3.05) is 45.7 Å². The largest absolute Gasteiger partial charge is 0.357 e. The first-order chi connectivity index (χ1) is 9.60. The van der Waals surface area contributed by atoms with Crippen LogP contribution in [0.4, 0.5) is 5.82 Å². The van der Waals surface area contributed by atoms with E-state index in [1.807, 2.05) is 13.2 Å². The van der Waals surface area contributed by atoms with E-state index in [1.165, 1.54) is 24.9 Å². The van der Waals surface area contributed by atoms with E-state index in [2.05, 4.69) is 53.3 Å². The molecule has 1 aliphatic heterocycles. The molecule has 0 saturated carbocycles. The van der Waals surface area contributed by atoms with Crippen LogP contribution in [-0.4, -0.2) is 50.7 Å². The van der Waals surface area contributed by atoms with Gasteiger partial charge in [0.25, 0.3) is 0 Å². The van der Waals surface area contributed by atoms with E-state index in [0.717, 1.165) is 24.8 Å². The highest BCUT2D eigenvalue weighted by atomic mass is 15.2. The Bertz CT molecular complexity index is 411. The van der Waals surface area contributed by atoms with Crippen molar-refractivity contribution in [3.05, 3.63) is 23.9 Å². The molecule has 1 saturated heterocycles. The molecule has 0 radical (unpaired) electrons. The lowest BCUT2D eigenvalue weighted by Gasteiger charge is -2.34. The van der Waals surface area contributed by atoms with Gasteiger partial charge in [-0.1, -0.05) is 0 Å². The number of pyridine rings is 1. The van der Waals surface area contributed by atoms with E-state index in [4.69, 9.17) is 0 Å². The molecule has 1 N–H and O–H groups in total. The summed E-state index contributed by atoms with van der Waals surface area (Å²) in [6, 6.07) is 4.71. The van der Waals surface area contributed by atoms with E-state index < -0.39 is 0 Å². The molecule has 1 fully saturated rings. The van der Waals surface area contributed by atoms with Crippen LogP contribution in [0.5, 0.6) is 0 Å². The fourth-order valence-electron chi connectivity index (χ4n) is 2.90. The topological polar surface area (TPSA) is 31.4 Å². The van der Waals surface area contributed by atoms with Crippen molar-refractivity contribution in [2.45, 2.75) is 25.8 Å². The number of hydrogen-bond donors (Lipinski definition) is 1. The molecule has 0 amide bonds. The van der Waals surface area contributed by atoms with Crippen LogP contribution in [-0.2, 0) is 0 Å². The lowest BCUT2D eigenvalue weighted by Crippen LogP contribution is -2.37. The molecule has 112 valence electrons. The van der Waals surface area contributed by atoms with Gasteiger partial charge < -0.3 is 15.1 Å². The minimum absolute atomic E-state index is 0.378. The molecule has 2 rings (SSSR count). The first-order valence-electron chi connectivity index (χ1n) is 7.63. The van der Waals surface area contributed by atoms with E-state index in [-0.39, 0.29) is 0 Å². The standard InChI is InChI=1S/C16H28N4/c1-13(17-2)15-5-8-18-16(11-15)20-9-6-14(7-10-20)12-19(3)4/h5,8,11,13-14,17H,6-7,9-10,12H2,1-4H3. The molecule has 1 atom stereocenters. The van der Waals surface area contributed by atoms with Crippen molar-refractivity contribution >= 4 is 5.82 Å². The van der Waals surface area contributed by atoms with Crippen molar-refractivity contribution < 1.29 is 0 Å². The number of hydrogen-bond acceptors (Lipinski definition) is 4. The van der Waals surface area contributed by atoms with Gasteiger partial charge in [-0.15, -0.1) is 0 Å². The Morgan fingerprint density at radius 3 is 2.70 bits per heavy atom. The van der Waals surface area contributed by atoms with Gasteiger partial charge in [-0.05, 0) is 64.5 Å². The minimum Gasteiger partial charge on any atom is -0.357 e. The van der Waals surface area contributed by atoms with Crippen molar-refractivity contribution in [3.63, 3.8) is 0 Å². The number of rotatable bonds is 5. The molecule has 0 spiro atoms. The van der Waals surface area contributed by atoms with Crippen molar-refractivity contribution in [1.29, 1.82) is 0 Å². The fraction of sp³-hybridized carbons (Fsp3) is 0.688. The molecule has 1 aromatic rings.